The van der Waals surface area contributed by atoms with Gasteiger partial charge in [0.25, 0.3) is 0 Å². The molecule has 0 radical (unpaired) electrons. The molecule has 4 rings (SSSR count). The van der Waals surface area contributed by atoms with Crippen molar-refractivity contribution in [2.75, 3.05) is 17.7 Å². The van der Waals surface area contributed by atoms with E-state index in [1.165, 1.54) is 6.42 Å². The molecule has 3 aromatic rings. The zero-order chi connectivity index (χ0) is 24.8. The summed E-state index contributed by atoms with van der Waals surface area (Å²) in [5.74, 6) is 1.02. The summed E-state index contributed by atoms with van der Waals surface area (Å²) >= 11 is 0. The molecule has 9 nitrogen and oxygen atoms in total. The molecule has 1 aromatic carbocycles. The molecule has 1 saturated carbocycles. The Morgan fingerprint density at radius 3 is 2.57 bits per heavy atom. The van der Waals surface area contributed by atoms with Crippen molar-refractivity contribution in [3.05, 3.63) is 53.9 Å². The Balaban J connectivity index is 1.42. The van der Waals surface area contributed by atoms with E-state index in [0.29, 0.717) is 34.3 Å². The van der Waals surface area contributed by atoms with Crippen LogP contribution in [0.5, 0.6) is 5.75 Å². The van der Waals surface area contributed by atoms with Gasteiger partial charge in [0, 0.05) is 11.5 Å². The van der Waals surface area contributed by atoms with Crippen molar-refractivity contribution >= 4 is 23.4 Å². The highest BCUT2D eigenvalue weighted by Gasteiger charge is 2.23. The van der Waals surface area contributed by atoms with Gasteiger partial charge in [-0.05, 0) is 44.9 Å². The van der Waals surface area contributed by atoms with Crippen molar-refractivity contribution in [2.45, 2.75) is 52.1 Å². The summed E-state index contributed by atoms with van der Waals surface area (Å²) < 4.78 is 16.3. The number of anilines is 2. The lowest BCUT2D eigenvalue weighted by Crippen LogP contribution is -2.24. The first-order valence-electron chi connectivity index (χ1n) is 11.8. The second kappa shape index (κ2) is 11.0. The van der Waals surface area contributed by atoms with Gasteiger partial charge in [-0.1, -0.05) is 42.6 Å². The van der Waals surface area contributed by atoms with Crippen molar-refractivity contribution in [3.8, 4) is 17.2 Å². The van der Waals surface area contributed by atoms with E-state index in [-0.39, 0.29) is 11.8 Å². The second-order valence-corrected chi connectivity index (χ2v) is 8.64. The van der Waals surface area contributed by atoms with Gasteiger partial charge in [-0.15, -0.1) is 0 Å². The molecule has 1 aliphatic rings. The molecule has 0 aliphatic heterocycles. The summed E-state index contributed by atoms with van der Waals surface area (Å²) in [6.45, 7) is 3.48. The number of amides is 2. The lowest BCUT2D eigenvalue weighted by atomic mass is 9.88. The van der Waals surface area contributed by atoms with Crippen LogP contribution in [-0.2, 0) is 9.53 Å². The van der Waals surface area contributed by atoms with Gasteiger partial charge in [0.2, 0.25) is 11.7 Å². The van der Waals surface area contributed by atoms with Gasteiger partial charge in [0.15, 0.2) is 0 Å². The van der Waals surface area contributed by atoms with Crippen LogP contribution in [0, 0.1) is 12.8 Å². The van der Waals surface area contributed by atoms with Crippen LogP contribution in [0.1, 0.15) is 56.4 Å². The number of carbonyl (C=O) groups excluding carboxylic acids is 2. The van der Waals surface area contributed by atoms with Gasteiger partial charge < -0.3 is 19.3 Å². The number of ether oxygens (including phenoxy) is 2. The van der Waals surface area contributed by atoms with Gasteiger partial charge in [-0.3, -0.25) is 15.1 Å². The summed E-state index contributed by atoms with van der Waals surface area (Å²) in [6.07, 6.45) is 5.60. The second-order valence-electron chi connectivity index (χ2n) is 8.64. The van der Waals surface area contributed by atoms with E-state index in [2.05, 4.69) is 20.8 Å². The lowest BCUT2D eigenvalue weighted by molar-refractivity contribution is -0.120. The van der Waals surface area contributed by atoms with E-state index >= 15 is 0 Å². The minimum Gasteiger partial charge on any atom is -0.496 e. The quantitative estimate of drug-likeness (QED) is 0.435. The fourth-order valence-electron chi connectivity index (χ4n) is 4.26. The molecule has 35 heavy (non-hydrogen) atoms. The molecule has 2 amide bonds. The third kappa shape index (κ3) is 5.79. The number of rotatable bonds is 7. The lowest BCUT2D eigenvalue weighted by Gasteiger charge is -2.20. The van der Waals surface area contributed by atoms with Crippen molar-refractivity contribution in [2.24, 2.45) is 5.92 Å². The zero-order valence-electron chi connectivity index (χ0n) is 20.2. The summed E-state index contributed by atoms with van der Waals surface area (Å²) in [7, 11) is 1.57. The van der Waals surface area contributed by atoms with Gasteiger partial charge in [0.1, 0.15) is 28.9 Å². The van der Waals surface area contributed by atoms with Crippen molar-refractivity contribution in [1.82, 2.24) is 10.1 Å². The number of benzene rings is 1. The average Bonchev–Trinajstić information content (AvgIpc) is 3.24. The Kier molecular flexibility index (Phi) is 7.64. The minimum absolute atomic E-state index is 0.0315. The molecule has 2 aromatic heterocycles. The van der Waals surface area contributed by atoms with Crippen molar-refractivity contribution in [1.29, 1.82) is 0 Å². The molecular formula is C26H30N4O5. The molecule has 2 heterocycles. The number of nitrogens with zero attached hydrogens (tertiary/aromatic N) is 2. The summed E-state index contributed by atoms with van der Waals surface area (Å²) in [6, 6.07) is 10.8. The average molecular weight is 479 g/mol. The summed E-state index contributed by atoms with van der Waals surface area (Å²) in [4.78, 5) is 29.5. The number of aryl methyl sites for hydroxylation is 1. The van der Waals surface area contributed by atoms with E-state index < -0.39 is 12.2 Å². The highest BCUT2D eigenvalue weighted by Crippen LogP contribution is 2.32. The van der Waals surface area contributed by atoms with Gasteiger partial charge in [-0.2, -0.15) is 0 Å². The first kappa shape index (κ1) is 24.3. The van der Waals surface area contributed by atoms with Gasteiger partial charge >= 0.3 is 6.09 Å². The molecule has 0 spiro atoms. The third-order valence-corrected chi connectivity index (χ3v) is 6.19. The van der Waals surface area contributed by atoms with Crippen molar-refractivity contribution in [3.63, 3.8) is 0 Å². The number of carbonyl (C=O) groups is 2. The predicted molar refractivity (Wildman–Crippen MR) is 131 cm³/mol. The number of aromatic nitrogens is 2. The maximum Gasteiger partial charge on any atom is 0.412 e. The largest absolute Gasteiger partial charge is 0.496 e. The van der Waals surface area contributed by atoms with Crippen LogP contribution in [0.3, 0.4) is 0 Å². The molecule has 1 aliphatic carbocycles. The van der Waals surface area contributed by atoms with Crippen LogP contribution in [0.2, 0.25) is 0 Å². The third-order valence-electron chi connectivity index (χ3n) is 6.19. The zero-order valence-corrected chi connectivity index (χ0v) is 20.2. The van der Waals surface area contributed by atoms with Crippen LogP contribution in [0.15, 0.2) is 47.1 Å². The normalized spacial score (nSPS) is 14.7. The summed E-state index contributed by atoms with van der Waals surface area (Å²) in [5, 5.41) is 9.63. The van der Waals surface area contributed by atoms with E-state index in [4.69, 9.17) is 14.0 Å². The molecule has 1 atom stereocenters. The maximum absolute atomic E-state index is 12.6. The monoisotopic (exact) mass is 478 g/mol. The molecule has 1 fully saturated rings. The van der Waals surface area contributed by atoms with Crippen LogP contribution >= 0.6 is 0 Å². The van der Waals surface area contributed by atoms with E-state index in [0.717, 1.165) is 31.2 Å². The molecule has 184 valence electrons. The Hall–Kier alpha value is -3.88. The summed E-state index contributed by atoms with van der Waals surface area (Å²) in [5.41, 5.74) is 2.68. The fraction of sp³-hybridized carbons (Fsp3) is 0.385. The van der Waals surface area contributed by atoms with Crippen molar-refractivity contribution < 1.29 is 23.6 Å². The smallest absolute Gasteiger partial charge is 0.412 e. The van der Waals surface area contributed by atoms with Gasteiger partial charge in [-0.25, -0.2) is 4.79 Å². The first-order valence-corrected chi connectivity index (χ1v) is 11.8. The van der Waals surface area contributed by atoms with Crippen LogP contribution < -0.4 is 15.4 Å². The van der Waals surface area contributed by atoms with E-state index in [9.17, 15) is 9.59 Å². The van der Waals surface area contributed by atoms with E-state index in [1.54, 1.807) is 39.3 Å². The number of methoxy groups -OCH3 is 1. The van der Waals surface area contributed by atoms with Crippen LogP contribution in [0.25, 0.3) is 11.5 Å². The Morgan fingerprint density at radius 2 is 1.86 bits per heavy atom. The van der Waals surface area contributed by atoms with E-state index in [1.807, 2.05) is 24.3 Å². The molecule has 0 bridgehead atoms. The highest BCUT2D eigenvalue weighted by molar-refractivity contribution is 5.93. The fourth-order valence-corrected chi connectivity index (χ4v) is 4.26. The van der Waals surface area contributed by atoms with Crippen LogP contribution in [0.4, 0.5) is 16.2 Å². The molecule has 0 unspecified atom stereocenters. The molecule has 9 heteroatoms. The maximum atomic E-state index is 12.6. The van der Waals surface area contributed by atoms with Gasteiger partial charge in [0.05, 0.1) is 19.0 Å². The Morgan fingerprint density at radius 1 is 1.09 bits per heavy atom. The Bertz CT molecular complexity index is 1170. The SMILES string of the molecule is COc1ccccc1[C@H](C)OC(=O)Nc1c(C)noc1-c1ccc(NC(=O)C2CCCCC2)cn1. The minimum atomic E-state index is -0.660. The predicted octanol–water partition coefficient (Wildman–Crippen LogP) is 5.88. The first-order chi connectivity index (χ1) is 17.0. The number of hydrogen-bond acceptors (Lipinski definition) is 7. The number of nitrogens with one attached hydrogen (secondary N) is 2. The number of para-hydroxylation sites is 1. The molecule has 2 N–H and O–H groups in total. The van der Waals surface area contributed by atoms with Crippen LogP contribution in [-0.4, -0.2) is 29.3 Å². The molecule has 0 saturated heterocycles. The topological polar surface area (TPSA) is 116 Å². The molecular weight excluding hydrogens is 448 g/mol. The number of hydrogen-bond donors (Lipinski definition) is 2. The highest BCUT2D eigenvalue weighted by atomic mass is 16.6. The standard InChI is InChI=1S/C26H30N4O5/c1-16-23(29-26(32)34-17(2)20-11-7-8-12-22(20)33-3)24(35-30-16)21-14-13-19(15-27-21)28-25(31)18-9-5-4-6-10-18/h7-8,11-15,17-18H,4-6,9-10H2,1-3H3,(H,28,31)(H,29,32)/t17-/m0/s1. The number of pyridine rings is 1. The Labute approximate surface area is 204 Å².